The Morgan fingerprint density at radius 1 is 1.08 bits per heavy atom. The van der Waals surface area contributed by atoms with Gasteiger partial charge in [-0.05, 0) is 46.2 Å². The monoisotopic (exact) mass is 503 g/mol. The van der Waals surface area contributed by atoms with Crippen LogP contribution in [0.3, 0.4) is 0 Å². The van der Waals surface area contributed by atoms with E-state index in [0.29, 0.717) is 41.3 Å². The topological polar surface area (TPSA) is 131 Å². The predicted octanol–water partition coefficient (Wildman–Crippen LogP) is 2.81. The highest BCUT2D eigenvalue weighted by Gasteiger charge is 2.20. The molecule has 0 saturated carbocycles. The number of nitrogens with zero attached hydrogens (tertiary/aromatic N) is 8. The maximum absolute atomic E-state index is 12.8. The second-order valence-electron chi connectivity index (χ2n) is 9.56. The van der Waals surface area contributed by atoms with Crippen molar-refractivity contribution in [3.63, 3.8) is 0 Å². The molecule has 5 heterocycles. The highest BCUT2D eigenvalue weighted by molar-refractivity contribution is 5.96. The molecule has 5 rings (SSSR count). The molecule has 1 fully saturated rings. The summed E-state index contributed by atoms with van der Waals surface area (Å²) in [6, 6.07) is 2.38. The normalized spacial score (nSPS) is 15.9. The maximum atomic E-state index is 12.8. The molecule has 194 valence electrons. The van der Waals surface area contributed by atoms with Gasteiger partial charge in [-0.1, -0.05) is 0 Å². The Hall–Kier alpha value is -4.06. The van der Waals surface area contributed by atoms with Gasteiger partial charge in [0.15, 0.2) is 11.5 Å². The molecule has 0 aliphatic carbocycles. The standard InChI is InChI=1S/C25H33N11O/c1-15-7-6-9-36(15)10-8-26-24(37)18-11-20(16(2)27-12-18)30-22-19-13-28-25(32-23(19)35(5)33-22)31-21-14-29-34(4)17(21)3/h11-15H,6-10H2,1-5H3,(H,26,37)(H,30,33)(H,28,31,32)/t15-/m0/s1. The molecular weight excluding hydrogens is 470 g/mol. The smallest absolute Gasteiger partial charge is 0.252 e. The number of amides is 1. The summed E-state index contributed by atoms with van der Waals surface area (Å²) in [5.74, 6) is 0.906. The van der Waals surface area contributed by atoms with E-state index in [1.165, 1.54) is 12.8 Å². The lowest BCUT2D eigenvalue weighted by Gasteiger charge is -2.20. The van der Waals surface area contributed by atoms with Crippen molar-refractivity contribution in [2.75, 3.05) is 30.3 Å². The Labute approximate surface area is 215 Å². The Morgan fingerprint density at radius 2 is 1.92 bits per heavy atom. The second kappa shape index (κ2) is 10.1. The number of hydrogen-bond acceptors (Lipinski definition) is 9. The molecule has 12 nitrogen and oxygen atoms in total. The Morgan fingerprint density at radius 3 is 2.65 bits per heavy atom. The average Bonchev–Trinajstić information content (AvgIpc) is 3.53. The summed E-state index contributed by atoms with van der Waals surface area (Å²) in [5, 5.41) is 19.2. The van der Waals surface area contributed by atoms with Crippen molar-refractivity contribution < 1.29 is 4.79 Å². The number of nitrogens with one attached hydrogen (secondary N) is 3. The molecule has 12 heteroatoms. The van der Waals surface area contributed by atoms with E-state index in [4.69, 9.17) is 0 Å². The number of aromatic nitrogens is 7. The van der Waals surface area contributed by atoms with Gasteiger partial charge in [-0.3, -0.25) is 19.4 Å². The summed E-state index contributed by atoms with van der Waals surface area (Å²) in [7, 11) is 3.71. The molecular formula is C25H33N11O. The van der Waals surface area contributed by atoms with Crippen LogP contribution in [0.25, 0.3) is 11.0 Å². The molecule has 3 N–H and O–H groups in total. The van der Waals surface area contributed by atoms with Crippen LogP contribution in [-0.2, 0) is 14.1 Å². The summed E-state index contributed by atoms with van der Waals surface area (Å²) < 4.78 is 3.48. The minimum atomic E-state index is -0.141. The van der Waals surface area contributed by atoms with Gasteiger partial charge in [0.25, 0.3) is 5.91 Å². The van der Waals surface area contributed by atoms with Gasteiger partial charge in [0.05, 0.1) is 39.9 Å². The predicted molar refractivity (Wildman–Crippen MR) is 142 cm³/mol. The number of hydrogen-bond donors (Lipinski definition) is 3. The summed E-state index contributed by atoms with van der Waals surface area (Å²) in [4.78, 5) is 28.8. The summed E-state index contributed by atoms with van der Waals surface area (Å²) >= 11 is 0. The van der Waals surface area contributed by atoms with Crippen LogP contribution in [0, 0.1) is 13.8 Å². The van der Waals surface area contributed by atoms with Crippen molar-refractivity contribution in [2.24, 2.45) is 14.1 Å². The summed E-state index contributed by atoms with van der Waals surface area (Å²) in [5.41, 5.74) is 4.44. The first kappa shape index (κ1) is 24.6. The number of anilines is 4. The van der Waals surface area contributed by atoms with Gasteiger partial charge in [-0.15, -0.1) is 0 Å². The van der Waals surface area contributed by atoms with Crippen molar-refractivity contribution >= 4 is 40.1 Å². The lowest BCUT2D eigenvalue weighted by molar-refractivity contribution is 0.0947. The van der Waals surface area contributed by atoms with Crippen LogP contribution in [0.2, 0.25) is 0 Å². The molecule has 0 unspecified atom stereocenters. The highest BCUT2D eigenvalue weighted by atomic mass is 16.1. The molecule has 0 aromatic carbocycles. The molecule has 37 heavy (non-hydrogen) atoms. The third kappa shape index (κ3) is 5.10. The van der Waals surface area contributed by atoms with Crippen LogP contribution < -0.4 is 16.0 Å². The van der Waals surface area contributed by atoms with Crippen molar-refractivity contribution in [3.8, 4) is 0 Å². The van der Waals surface area contributed by atoms with Gasteiger partial charge in [0.1, 0.15) is 0 Å². The largest absolute Gasteiger partial charge is 0.351 e. The van der Waals surface area contributed by atoms with Crippen LogP contribution in [-0.4, -0.2) is 71.0 Å². The van der Waals surface area contributed by atoms with Crippen molar-refractivity contribution in [1.29, 1.82) is 0 Å². The summed E-state index contributed by atoms with van der Waals surface area (Å²) in [6.45, 7) is 8.66. The van der Waals surface area contributed by atoms with Crippen LogP contribution >= 0.6 is 0 Å². The number of rotatable bonds is 8. The quantitative estimate of drug-likeness (QED) is 0.332. The van der Waals surface area contributed by atoms with Gasteiger partial charge in [0, 0.05) is 45.6 Å². The zero-order valence-electron chi connectivity index (χ0n) is 21.9. The minimum absolute atomic E-state index is 0.141. The zero-order valence-corrected chi connectivity index (χ0v) is 21.9. The molecule has 1 atom stereocenters. The first-order chi connectivity index (χ1) is 17.8. The molecule has 4 aromatic rings. The Bertz CT molecular complexity index is 1440. The van der Waals surface area contributed by atoms with E-state index in [1.54, 1.807) is 34.0 Å². The van der Waals surface area contributed by atoms with E-state index in [0.717, 1.165) is 35.6 Å². The second-order valence-corrected chi connectivity index (χ2v) is 9.56. The van der Waals surface area contributed by atoms with Gasteiger partial charge in [-0.25, -0.2) is 9.67 Å². The number of fused-ring (bicyclic) bond motifs is 1. The Kier molecular flexibility index (Phi) is 6.74. The summed E-state index contributed by atoms with van der Waals surface area (Å²) in [6.07, 6.45) is 7.52. The molecule has 4 aromatic heterocycles. The molecule has 0 spiro atoms. The van der Waals surface area contributed by atoms with Gasteiger partial charge >= 0.3 is 0 Å². The van der Waals surface area contributed by atoms with E-state index in [1.807, 2.05) is 27.9 Å². The van der Waals surface area contributed by atoms with E-state index in [9.17, 15) is 4.79 Å². The zero-order chi connectivity index (χ0) is 26.1. The van der Waals surface area contributed by atoms with E-state index in [-0.39, 0.29) is 5.91 Å². The van der Waals surface area contributed by atoms with Crippen molar-refractivity contribution in [2.45, 2.75) is 39.7 Å². The third-order valence-electron chi connectivity index (χ3n) is 7.04. The number of pyridine rings is 1. The lowest BCUT2D eigenvalue weighted by atomic mass is 10.2. The fraction of sp³-hybridized carbons (Fsp3) is 0.440. The molecule has 0 bridgehead atoms. The van der Waals surface area contributed by atoms with Crippen LogP contribution in [0.4, 0.5) is 23.1 Å². The average molecular weight is 504 g/mol. The van der Waals surface area contributed by atoms with E-state index < -0.39 is 0 Å². The molecule has 1 aliphatic heterocycles. The molecule has 0 radical (unpaired) electrons. The SMILES string of the molecule is Cc1ncc(C(=O)NCCN2CCC[C@@H]2C)cc1Nc1nn(C)c2nc(Nc3cnn(C)c3C)ncc12. The molecule has 1 saturated heterocycles. The highest BCUT2D eigenvalue weighted by Crippen LogP contribution is 2.27. The molecule has 1 amide bonds. The van der Waals surface area contributed by atoms with Crippen molar-refractivity contribution in [1.82, 2.24) is 44.7 Å². The van der Waals surface area contributed by atoms with Crippen molar-refractivity contribution in [3.05, 3.63) is 41.6 Å². The van der Waals surface area contributed by atoms with Crippen LogP contribution in [0.5, 0.6) is 0 Å². The van der Waals surface area contributed by atoms with Crippen LogP contribution in [0.15, 0.2) is 24.7 Å². The number of likely N-dealkylation sites (tertiary alicyclic amines) is 1. The van der Waals surface area contributed by atoms with Gasteiger partial charge in [0.2, 0.25) is 5.95 Å². The fourth-order valence-corrected chi connectivity index (χ4v) is 4.58. The first-order valence-corrected chi connectivity index (χ1v) is 12.5. The van der Waals surface area contributed by atoms with Gasteiger partial charge < -0.3 is 16.0 Å². The lowest BCUT2D eigenvalue weighted by Crippen LogP contribution is -2.36. The van der Waals surface area contributed by atoms with Gasteiger partial charge in [-0.2, -0.15) is 15.2 Å². The molecule has 1 aliphatic rings. The maximum Gasteiger partial charge on any atom is 0.252 e. The van der Waals surface area contributed by atoms with E-state index >= 15 is 0 Å². The Balaban J connectivity index is 1.30. The number of aryl methyl sites for hydroxylation is 3. The fourth-order valence-electron chi connectivity index (χ4n) is 4.58. The minimum Gasteiger partial charge on any atom is -0.351 e. The number of carbonyl (C=O) groups excluding carboxylic acids is 1. The van der Waals surface area contributed by atoms with Crippen LogP contribution in [0.1, 0.15) is 41.5 Å². The number of carbonyl (C=O) groups is 1. The van der Waals surface area contributed by atoms with E-state index in [2.05, 4.69) is 52.9 Å². The third-order valence-corrected chi connectivity index (χ3v) is 7.04. The first-order valence-electron chi connectivity index (χ1n) is 12.5.